The number of aromatic nitrogens is 2. The number of hydrogen-bond acceptors (Lipinski definition) is 3. The molecule has 3 aromatic heterocycles. The van der Waals surface area contributed by atoms with Crippen LogP contribution in [0.25, 0.3) is 17.0 Å². The largest absolute Gasteiger partial charge is 0.459 e. The van der Waals surface area contributed by atoms with Crippen LogP contribution in [0.1, 0.15) is 17.0 Å². The van der Waals surface area contributed by atoms with E-state index in [1.54, 1.807) is 0 Å². The van der Waals surface area contributed by atoms with Crippen LogP contribution in [0.15, 0.2) is 65.3 Å². The van der Waals surface area contributed by atoms with Gasteiger partial charge in [-0.05, 0) is 55.0 Å². The number of imidazole rings is 1. The Balaban J connectivity index is 1.37. The maximum Gasteiger partial charge on any atom is 0.226 e. The van der Waals surface area contributed by atoms with E-state index in [1.807, 2.05) is 72.2 Å². The third kappa shape index (κ3) is 3.88. The Kier molecular flexibility index (Phi) is 4.69. The summed E-state index contributed by atoms with van der Waals surface area (Å²) in [5.74, 6) is 1.34. The minimum atomic E-state index is -0.0968. The van der Waals surface area contributed by atoms with Gasteiger partial charge in [0.15, 0.2) is 0 Å². The van der Waals surface area contributed by atoms with Crippen molar-refractivity contribution in [1.82, 2.24) is 14.7 Å². The standard InChI is InChI=1S/C21H18ClN3O2/c1-14-3-2-10-25-13-17(24-21(14)25)11-20(26)23-12-18-8-9-19(27-18)15-4-6-16(22)7-5-15/h2-10,13H,11-12H2,1H3,(H,23,26). The van der Waals surface area contributed by atoms with E-state index in [1.165, 1.54) is 0 Å². The predicted molar refractivity (Wildman–Crippen MR) is 105 cm³/mol. The highest BCUT2D eigenvalue weighted by atomic mass is 35.5. The fourth-order valence-corrected chi connectivity index (χ4v) is 3.07. The first-order valence-electron chi connectivity index (χ1n) is 8.63. The molecule has 1 amide bonds. The molecule has 0 fully saturated rings. The van der Waals surface area contributed by atoms with Gasteiger partial charge in [-0.3, -0.25) is 4.79 Å². The number of aryl methyl sites for hydroxylation is 1. The van der Waals surface area contributed by atoms with Gasteiger partial charge < -0.3 is 14.1 Å². The predicted octanol–water partition coefficient (Wildman–Crippen LogP) is 4.42. The monoisotopic (exact) mass is 379 g/mol. The second-order valence-electron chi connectivity index (χ2n) is 6.38. The Bertz CT molecular complexity index is 1100. The van der Waals surface area contributed by atoms with E-state index in [0.717, 1.165) is 28.2 Å². The van der Waals surface area contributed by atoms with E-state index >= 15 is 0 Å². The van der Waals surface area contributed by atoms with E-state index in [9.17, 15) is 4.79 Å². The van der Waals surface area contributed by atoms with Crippen LogP contribution in [0, 0.1) is 6.92 Å². The van der Waals surface area contributed by atoms with Crippen molar-refractivity contribution in [1.29, 1.82) is 0 Å². The molecule has 0 radical (unpaired) electrons. The Labute approximate surface area is 161 Å². The molecule has 0 saturated heterocycles. The van der Waals surface area contributed by atoms with E-state index in [2.05, 4.69) is 10.3 Å². The SMILES string of the molecule is Cc1cccn2cc(CC(=O)NCc3ccc(-c4ccc(Cl)cc4)o3)nc12. The zero-order valence-electron chi connectivity index (χ0n) is 14.8. The quantitative estimate of drug-likeness (QED) is 0.558. The van der Waals surface area contributed by atoms with Crippen LogP contribution in [-0.4, -0.2) is 15.3 Å². The first-order valence-corrected chi connectivity index (χ1v) is 9.01. The zero-order chi connectivity index (χ0) is 18.8. The number of halogens is 1. The average molecular weight is 380 g/mol. The summed E-state index contributed by atoms with van der Waals surface area (Å²) in [4.78, 5) is 16.8. The van der Waals surface area contributed by atoms with Crippen molar-refractivity contribution in [3.8, 4) is 11.3 Å². The van der Waals surface area contributed by atoms with Gasteiger partial charge in [-0.2, -0.15) is 0 Å². The van der Waals surface area contributed by atoms with Crippen LogP contribution in [0.5, 0.6) is 0 Å². The number of benzene rings is 1. The lowest BCUT2D eigenvalue weighted by atomic mass is 10.2. The van der Waals surface area contributed by atoms with Gasteiger partial charge in [-0.15, -0.1) is 0 Å². The molecule has 6 heteroatoms. The summed E-state index contributed by atoms with van der Waals surface area (Å²) in [6.45, 7) is 2.33. The molecule has 0 spiro atoms. The molecule has 0 saturated carbocycles. The van der Waals surface area contributed by atoms with Crippen LogP contribution in [0.4, 0.5) is 0 Å². The maximum absolute atomic E-state index is 12.2. The molecule has 5 nitrogen and oxygen atoms in total. The molecular formula is C21H18ClN3O2. The van der Waals surface area contributed by atoms with E-state index in [4.69, 9.17) is 16.0 Å². The second kappa shape index (κ2) is 7.29. The van der Waals surface area contributed by atoms with Crippen LogP contribution >= 0.6 is 11.6 Å². The van der Waals surface area contributed by atoms with Gasteiger partial charge in [0.05, 0.1) is 18.7 Å². The molecule has 4 rings (SSSR count). The molecule has 3 heterocycles. The Morgan fingerprint density at radius 1 is 1.19 bits per heavy atom. The first kappa shape index (κ1) is 17.4. The van der Waals surface area contributed by atoms with Crippen molar-refractivity contribution < 1.29 is 9.21 Å². The lowest BCUT2D eigenvalue weighted by molar-refractivity contribution is -0.120. The Hall–Kier alpha value is -3.05. The number of carbonyl (C=O) groups is 1. The fraction of sp³-hybridized carbons (Fsp3) is 0.143. The van der Waals surface area contributed by atoms with Crippen molar-refractivity contribution in [3.63, 3.8) is 0 Å². The molecule has 1 N–H and O–H groups in total. The van der Waals surface area contributed by atoms with E-state index < -0.39 is 0 Å². The molecule has 0 bridgehead atoms. The summed E-state index contributed by atoms with van der Waals surface area (Å²) in [7, 11) is 0. The summed E-state index contributed by atoms with van der Waals surface area (Å²) in [5.41, 5.74) is 3.63. The van der Waals surface area contributed by atoms with Gasteiger partial charge in [0.25, 0.3) is 0 Å². The molecule has 0 atom stereocenters. The van der Waals surface area contributed by atoms with Gasteiger partial charge in [0.2, 0.25) is 5.91 Å². The van der Waals surface area contributed by atoms with Crippen molar-refractivity contribution in [3.05, 3.63) is 83.0 Å². The van der Waals surface area contributed by atoms with Gasteiger partial charge in [0.1, 0.15) is 17.2 Å². The van der Waals surface area contributed by atoms with Crippen LogP contribution in [0.3, 0.4) is 0 Å². The molecule has 27 heavy (non-hydrogen) atoms. The Morgan fingerprint density at radius 3 is 2.78 bits per heavy atom. The summed E-state index contributed by atoms with van der Waals surface area (Å²) >= 11 is 5.91. The lowest BCUT2D eigenvalue weighted by Gasteiger charge is -2.02. The number of amides is 1. The van der Waals surface area contributed by atoms with Crippen LogP contribution in [0.2, 0.25) is 5.02 Å². The first-order chi connectivity index (χ1) is 13.1. The molecule has 0 unspecified atom stereocenters. The molecule has 136 valence electrons. The normalized spacial score (nSPS) is 11.0. The molecule has 0 aliphatic heterocycles. The highest BCUT2D eigenvalue weighted by Gasteiger charge is 2.10. The topological polar surface area (TPSA) is 59.5 Å². The summed E-state index contributed by atoms with van der Waals surface area (Å²) < 4.78 is 7.73. The van der Waals surface area contributed by atoms with Crippen molar-refractivity contribution in [2.24, 2.45) is 0 Å². The van der Waals surface area contributed by atoms with E-state index in [0.29, 0.717) is 17.3 Å². The highest BCUT2D eigenvalue weighted by molar-refractivity contribution is 6.30. The molecule has 0 aliphatic rings. The van der Waals surface area contributed by atoms with Crippen molar-refractivity contribution in [2.45, 2.75) is 19.9 Å². The van der Waals surface area contributed by atoms with Crippen molar-refractivity contribution >= 4 is 23.2 Å². The lowest BCUT2D eigenvalue weighted by Crippen LogP contribution is -2.24. The molecule has 1 aromatic carbocycles. The van der Waals surface area contributed by atoms with Crippen molar-refractivity contribution in [2.75, 3.05) is 0 Å². The highest BCUT2D eigenvalue weighted by Crippen LogP contribution is 2.23. The fourth-order valence-electron chi connectivity index (χ4n) is 2.94. The van der Waals surface area contributed by atoms with Gasteiger partial charge in [-0.25, -0.2) is 4.98 Å². The average Bonchev–Trinajstić information content (AvgIpc) is 3.28. The number of hydrogen-bond donors (Lipinski definition) is 1. The smallest absolute Gasteiger partial charge is 0.226 e. The minimum absolute atomic E-state index is 0.0968. The number of carbonyl (C=O) groups excluding carboxylic acids is 1. The number of nitrogens with zero attached hydrogens (tertiary/aromatic N) is 2. The number of nitrogens with one attached hydrogen (secondary N) is 1. The summed E-state index contributed by atoms with van der Waals surface area (Å²) in [5, 5.41) is 3.56. The number of fused-ring (bicyclic) bond motifs is 1. The van der Waals surface area contributed by atoms with Crippen LogP contribution in [-0.2, 0) is 17.8 Å². The minimum Gasteiger partial charge on any atom is -0.459 e. The van der Waals surface area contributed by atoms with E-state index in [-0.39, 0.29) is 12.3 Å². The zero-order valence-corrected chi connectivity index (χ0v) is 15.5. The number of pyridine rings is 1. The maximum atomic E-state index is 12.2. The number of furan rings is 1. The third-order valence-corrected chi connectivity index (χ3v) is 4.57. The third-order valence-electron chi connectivity index (χ3n) is 4.32. The Morgan fingerprint density at radius 2 is 2.00 bits per heavy atom. The van der Waals surface area contributed by atoms with Gasteiger partial charge >= 0.3 is 0 Å². The van der Waals surface area contributed by atoms with Crippen LogP contribution < -0.4 is 5.32 Å². The van der Waals surface area contributed by atoms with Gasteiger partial charge in [-0.1, -0.05) is 17.7 Å². The molecule has 0 aliphatic carbocycles. The second-order valence-corrected chi connectivity index (χ2v) is 6.82. The summed E-state index contributed by atoms with van der Waals surface area (Å²) in [6, 6.07) is 15.1. The summed E-state index contributed by atoms with van der Waals surface area (Å²) in [6.07, 6.45) is 4.04. The molecular weight excluding hydrogens is 362 g/mol. The number of rotatable bonds is 5. The molecule has 4 aromatic rings. The van der Waals surface area contributed by atoms with Gasteiger partial charge in [0, 0.05) is 23.0 Å².